The maximum Gasteiger partial charge on any atom is 0.271 e. The zero-order chi connectivity index (χ0) is 16.6. The van der Waals surface area contributed by atoms with E-state index in [1.165, 1.54) is 10.9 Å². The maximum absolute atomic E-state index is 12.4. The van der Waals surface area contributed by atoms with Crippen LogP contribution in [0.1, 0.15) is 19.3 Å². The number of nitrogens with one attached hydrogen (secondary N) is 1. The van der Waals surface area contributed by atoms with Crippen molar-refractivity contribution in [2.45, 2.75) is 38.0 Å². The Morgan fingerprint density at radius 3 is 2.92 bits per heavy atom. The number of piperidine rings is 1. The summed E-state index contributed by atoms with van der Waals surface area (Å²) < 4.78 is 2.78. The number of hydrogen-bond donors (Lipinski definition) is 2. The lowest BCUT2D eigenvalue weighted by Crippen LogP contribution is -2.46. The zero-order valence-electron chi connectivity index (χ0n) is 12.9. The largest absolute Gasteiger partial charge is 0.391 e. The number of carbonyl (C=O) groups is 1. The van der Waals surface area contributed by atoms with E-state index in [9.17, 15) is 14.7 Å². The SMILES string of the molecule is Br.Br.O=C(C[C@@H]1NCCC[C@H]1O)Cn1cnc2c(Br)c(Cl)sc2c1=O. The van der Waals surface area contributed by atoms with Gasteiger partial charge in [-0.15, -0.1) is 45.3 Å². The van der Waals surface area contributed by atoms with Gasteiger partial charge in [0.2, 0.25) is 0 Å². The summed E-state index contributed by atoms with van der Waals surface area (Å²) >= 11 is 10.4. The van der Waals surface area contributed by atoms with E-state index in [0.717, 1.165) is 24.3 Å². The number of ketones is 1. The fourth-order valence-corrected chi connectivity index (χ4v) is 4.52. The van der Waals surface area contributed by atoms with Gasteiger partial charge in [-0.1, -0.05) is 11.6 Å². The number of aliphatic hydroxyl groups is 1. The first kappa shape index (κ1) is 23.2. The number of fused-ring (bicyclic) bond motifs is 1. The Hall–Kier alpha value is 0.160. The number of nitrogens with zero attached hydrogens (tertiary/aromatic N) is 2. The zero-order valence-corrected chi connectivity index (χ0v) is 19.5. The molecule has 0 saturated carbocycles. The minimum absolute atomic E-state index is 0. The molecular formula is C14H17Br3ClN3O3S. The molecule has 2 aromatic rings. The molecule has 0 aliphatic carbocycles. The summed E-state index contributed by atoms with van der Waals surface area (Å²) in [6.45, 7) is 0.740. The van der Waals surface area contributed by atoms with Crippen LogP contribution in [-0.4, -0.2) is 39.1 Å². The normalized spacial score (nSPS) is 20.0. The molecule has 0 unspecified atom stereocenters. The van der Waals surface area contributed by atoms with Crippen molar-refractivity contribution in [3.63, 3.8) is 0 Å². The van der Waals surface area contributed by atoms with E-state index in [2.05, 4.69) is 26.2 Å². The van der Waals surface area contributed by atoms with Crippen LogP contribution in [0.5, 0.6) is 0 Å². The first-order chi connectivity index (χ1) is 11.0. The Kier molecular flexibility index (Phi) is 9.20. The topological polar surface area (TPSA) is 84.2 Å². The summed E-state index contributed by atoms with van der Waals surface area (Å²) in [5, 5.41) is 13.0. The number of hydrogen-bond acceptors (Lipinski definition) is 6. The first-order valence-electron chi connectivity index (χ1n) is 7.23. The molecular weight excluding hydrogens is 565 g/mol. The van der Waals surface area contributed by atoms with E-state index >= 15 is 0 Å². The van der Waals surface area contributed by atoms with Gasteiger partial charge >= 0.3 is 0 Å². The van der Waals surface area contributed by atoms with E-state index in [4.69, 9.17) is 11.6 Å². The van der Waals surface area contributed by atoms with E-state index in [0.29, 0.717) is 25.4 Å². The summed E-state index contributed by atoms with van der Waals surface area (Å²) in [5.41, 5.74) is 0.233. The van der Waals surface area contributed by atoms with Crippen molar-refractivity contribution in [2.24, 2.45) is 0 Å². The van der Waals surface area contributed by atoms with Crippen molar-refractivity contribution in [1.29, 1.82) is 0 Å². The summed E-state index contributed by atoms with van der Waals surface area (Å²) in [5.74, 6) is -0.117. The summed E-state index contributed by atoms with van der Waals surface area (Å²) in [4.78, 5) is 28.8. The fraction of sp³-hybridized carbons (Fsp3) is 0.500. The number of halogens is 4. The second-order valence-electron chi connectivity index (χ2n) is 5.56. The third kappa shape index (κ3) is 5.12. The van der Waals surface area contributed by atoms with E-state index in [-0.39, 0.29) is 64.3 Å². The minimum atomic E-state index is -0.517. The van der Waals surface area contributed by atoms with Crippen LogP contribution >= 0.6 is 72.8 Å². The summed E-state index contributed by atoms with van der Waals surface area (Å²) in [6, 6.07) is -0.242. The van der Waals surface area contributed by atoms with E-state index in [1.807, 2.05) is 0 Å². The molecule has 140 valence electrons. The first-order valence-corrected chi connectivity index (χ1v) is 9.22. The van der Waals surface area contributed by atoms with Gasteiger partial charge in [0.15, 0.2) is 5.78 Å². The third-order valence-electron chi connectivity index (χ3n) is 3.91. The van der Waals surface area contributed by atoms with Crippen LogP contribution in [0.4, 0.5) is 0 Å². The number of Topliss-reactive ketones (excluding diaryl/α,β-unsaturated/α-hetero) is 1. The molecule has 0 spiro atoms. The predicted molar refractivity (Wildman–Crippen MR) is 114 cm³/mol. The molecule has 1 aliphatic rings. The van der Waals surface area contributed by atoms with Gasteiger partial charge in [0, 0.05) is 12.5 Å². The molecule has 25 heavy (non-hydrogen) atoms. The highest BCUT2D eigenvalue weighted by molar-refractivity contribution is 9.10. The molecule has 1 aliphatic heterocycles. The maximum atomic E-state index is 12.4. The van der Waals surface area contributed by atoms with Gasteiger partial charge < -0.3 is 10.4 Å². The molecule has 2 N–H and O–H groups in total. The second kappa shape index (κ2) is 9.91. The quantitative estimate of drug-likeness (QED) is 0.579. The molecule has 0 bridgehead atoms. The van der Waals surface area contributed by atoms with Crippen molar-refractivity contribution < 1.29 is 9.90 Å². The average Bonchev–Trinajstić information content (AvgIpc) is 2.81. The molecule has 3 heterocycles. The van der Waals surface area contributed by atoms with Crippen LogP contribution < -0.4 is 10.9 Å². The Morgan fingerprint density at radius 1 is 1.52 bits per heavy atom. The highest BCUT2D eigenvalue weighted by Crippen LogP contribution is 2.35. The fourth-order valence-electron chi connectivity index (χ4n) is 2.70. The standard InChI is InChI=1S/C14H15BrClN3O3S.2BrH/c15-10-11-12(23-13(10)16)14(22)19(6-18-11)5-7(20)4-8-9(21)2-1-3-17-8;;/h6,8-9,17,21H,1-5H2;2*1H/t8-,9+;;/m0../s1. The second-order valence-corrected chi connectivity index (χ2v) is 7.97. The predicted octanol–water partition coefficient (Wildman–Crippen LogP) is 3.10. The van der Waals surface area contributed by atoms with Gasteiger partial charge in [-0.3, -0.25) is 14.2 Å². The number of rotatable bonds is 4. The van der Waals surface area contributed by atoms with Gasteiger partial charge in [0.25, 0.3) is 5.56 Å². The van der Waals surface area contributed by atoms with Crippen LogP contribution in [-0.2, 0) is 11.3 Å². The molecule has 2 aromatic heterocycles. The third-order valence-corrected chi connectivity index (χ3v) is 6.55. The molecule has 0 amide bonds. The highest BCUT2D eigenvalue weighted by atomic mass is 79.9. The van der Waals surface area contributed by atoms with E-state index < -0.39 is 6.10 Å². The van der Waals surface area contributed by atoms with Crippen LogP contribution in [0.25, 0.3) is 10.2 Å². The van der Waals surface area contributed by atoms with Gasteiger partial charge in [-0.25, -0.2) is 4.98 Å². The van der Waals surface area contributed by atoms with Crippen molar-refractivity contribution in [1.82, 2.24) is 14.9 Å². The lowest BCUT2D eigenvalue weighted by Gasteiger charge is -2.28. The number of carbonyl (C=O) groups excluding carboxylic acids is 1. The molecule has 3 rings (SSSR count). The number of aliphatic hydroxyl groups excluding tert-OH is 1. The lowest BCUT2D eigenvalue weighted by atomic mass is 9.97. The van der Waals surface area contributed by atoms with Crippen LogP contribution in [0.3, 0.4) is 0 Å². The van der Waals surface area contributed by atoms with Crippen molar-refractivity contribution >= 4 is 88.8 Å². The Labute approximate surface area is 182 Å². The molecule has 1 fully saturated rings. The summed E-state index contributed by atoms with van der Waals surface area (Å²) in [7, 11) is 0. The summed E-state index contributed by atoms with van der Waals surface area (Å²) in [6.07, 6.45) is 2.64. The average molecular weight is 583 g/mol. The Bertz CT molecular complexity index is 814. The Balaban J connectivity index is 0.00000156. The van der Waals surface area contributed by atoms with Crippen LogP contribution in [0.2, 0.25) is 4.34 Å². The monoisotopic (exact) mass is 579 g/mol. The van der Waals surface area contributed by atoms with Crippen LogP contribution in [0.15, 0.2) is 15.6 Å². The molecule has 0 radical (unpaired) electrons. The lowest BCUT2D eigenvalue weighted by molar-refractivity contribution is -0.121. The molecule has 2 atom stereocenters. The Morgan fingerprint density at radius 2 is 2.24 bits per heavy atom. The minimum Gasteiger partial charge on any atom is -0.391 e. The highest BCUT2D eigenvalue weighted by Gasteiger charge is 2.25. The molecule has 11 heteroatoms. The number of aromatic nitrogens is 2. The smallest absolute Gasteiger partial charge is 0.271 e. The van der Waals surface area contributed by atoms with Gasteiger partial charge in [0.1, 0.15) is 14.6 Å². The van der Waals surface area contributed by atoms with Crippen molar-refractivity contribution in [3.05, 3.63) is 25.5 Å². The molecule has 6 nitrogen and oxygen atoms in total. The number of thiophene rings is 1. The molecule has 1 saturated heterocycles. The van der Waals surface area contributed by atoms with Crippen molar-refractivity contribution in [3.8, 4) is 0 Å². The molecule has 0 aromatic carbocycles. The van der Waals surface area contributed by atoms with Crippen molar-refractivity contribution in [2.75, 3.05) is 6.54 Å². The van der Waals surface area contributed by atoms with E-state index in [1.54, 1.807) is 0 Å². The van der Waals surface area contributed by atoms with Gasteiger partial charge in [0.05, 0.1) is 23.4 Å². The van der Waals surface area contributed by atoms with Gasteiger partial charge in [-0.2, -0.15) is 0 Å². The van der Waals surface area contributed by atoms with Crippen LogP contribution in [0, 0.1) is 0 Å². The van der Waals surface area contributed by atoms with Gasteiger partial charge in [-0.05, 0) is 35.3 Å².